The van der Waals surface area contributed by atoms with Crippen LogP contribution < -0.4 is 4.74 Å². The van der Waals surface area contributed by atoms with Crippen molar-refractivity contribution in [3.05, 3.63) is 23.8 Å². The number of hydrogen-bond donors (Lipinski definition) is 1. The Hall–Kier alpha value is -2.24. The number of phenolic OH excluding ortho intramolecular Hbond substituents is 1. The van der Waals surface area contributed by atoms with Crippen molar-refractivity contribution in [2.45, 2.75) is 32.1 Å². The van der Waals surface area contributed by atoms with Crippen molar-refractivity contribution in [1.29, 1.82) is 0 Å². The van der Waals surface area contributed by atoms with Gasteiger partial charge < -0.3 is 19.6 Å². The molecule has 1 N–H and O–H groups in total. The van der Waals surface area contributed by atoms with Gasteiger partial charge in [0, 0.05) is 32.2 Å². The van der Waals surface area contributed by atoms with Crippen molar-refractivity contribution in [3.8, 4) is 11.5 Å². The molecule has 0 spiro atoms. The molecule has 25 heavy (non-hydrogen) atoms. The number of phenols is 1. The van der Waals surface area contributed by atoms with Crippen LogP contribution in [0.25, 0.3) is 0 Å². The van der Waals surface area contributed by atoms with E-state index in [9.17, 15) is 14.7 Å². The van der Waals surface area contributed by atoms with Crippen LogP contribution in [0, 0.1) is 5.92 Å². The fraction of sp³-hybridized carbons (Fsp3) is 0.579. The summed E-state index contributed by atoms with van der Waals surface area (Å²) in [6.45, 7) is 2.72. The monoisotopic (exact) mass is 346 g/mol. The summed E-state index contributed by atoms with van der Waals surface area (Å²) >= 11 is 0. The molecular weight excluding hydrogens is 320 g/mol. The Kier molecular flexibility index (Phi) is 5.46. The lowest BCUT2D eigenvalue weighted by atomic mass is 9.95. The highest BCUT2D eigenvalue weighted by atomic mass is 16.5. The molecule has 0 bridgehead atoms. The van der Waals surface area contributed by atoms with Crippen molar-refractivity contribution >= 4 is 11.8 Å². The van der Waals surface area contributed by atoms with Crippen LogP contribution in [0.4, 0.5) is 0 Å². The molecule has 2 saturated heterocycles. The van der Waals surface area contributed by atoms with E-state index in [1.165, 1.54) is 19.6 Å². The Morgan fingerprint density at radius 3 is 2.48 bits per heavy atom. The fourth-order valence-electron chi connectivity index (χ4n) is 3.73. The standard InChI is InChI=1S/C19H26N2O4/c1-25-15-7-8-16(17(22)12-15)19(24)21-11-5-6-14(13-21)18(23)20-9-3-2-4-10-20/h7-8,12,14,22H,2-6,9-11,13H2,1H3/t14-/m1/s1. The van der Waals surface area contributed by atoms with E-state index in [1.807, 2.05) is 4.90 Å². The number of nitrogens with zero attached hydrogens (tertiary/aromatic N) is 2. The molecule has 0 aliphatic carbocycles. The fourth-order valence-corrected chi connectivity index (χ4v) is 3.73. The summed E-state index contributed by atoms with van der Waals surface area (Å²) in [5.74, 6) is 0.239. The van der Waals surface area contributed by atoms with Gasteiger partial charge in [-0.2, -0.15) is 0 Å². The van der Waals surface area contributed by atoms with Crippen molar-refractivity contribution in [3.63, 3.8) is 0 Å². The van der Waals surface area contributed by atoms with Gasteiger partial charge in [0.25, 0.3) is 5.91 Å². The smallest absolute Gasteiger partial charge is 0.257 e. The highest BCUT2D eigenvalue weighted by Crippen LogP contribution is 2.27. The maximum absolute atomic E-state index is 12.8. The third kappa shape index (κ3) is 3.89. The second kappa shape index (κ2) is 7.76. The quantitative estimate of drug-likeness (QED) is 0.911. The summed E-state index contributed by atoms with van der Waals surface area (Å²) in [6, 6.07) is 4.67. The van der Waals surface area contributed by atoms with Crippen LogP contribution >= 0.6 is 0 Å². The summed E-state index contributed by atoms with van der Waals surface area (Å²) in [7, 11) is 1.51. The maximum atomic E-state index is 12.8. The third-order valence-electron chi connectivity index (χ3n) is 5.16. The number of hydrogen-bond acceptors (Lipinski definition) is 4. The number of carbonyl (C=O) groups excluding carboxylic acids is 2. The van der Waals surface area contributed by atoms with Gasteiger partial charge in [-0.25, -0.2) is 0 Å². The number of amides is 2. The number of benzene rings is 1. The first kappa shape index (κ1) is 17.6. The molecule has 0 radical (unpaired) electrons. The van der Waals surface area contributed by atoms with Crippen LogP contribution in [-0.4, -0.2) is 60.0 Å². The van der Waals surface area contributed by atoms with Gasteiger partial charge in [-0.15, -0.1) is 0 Å². The maximum Gasteiger partial charge on any atom is 0.257 e. The second-order valence-electron chi connectivity index (χ2n) is 6.86. The first-order valence-electron chi connectivity index (χ1n) is 9.05. The zero-order chi connectivity index (χ0) is 17.8. The van der Waals surface area contributed by atoms with Crippen LogP contribution in [0.15, 0.2) is 18.2 Å². The zero-order valence-electron chi connectivity index (χ0n) is 14.7. The van der Waals surface area contributed by atoms with E-state index in [4.69, 9.17) is 4.74 Å². The average molecular weight is 346 g/mol. The molecule has 2 aliphatic heterocycles. The normalized spacial score (nSPS) is 21.1. The summed E-state index contributed by atoms with van der Waals surface area (Å²) in [5, 5.41) is 10.1. The van der Waals surface area contributed by atoms with Crippen molar-refractivity contribution < 1.29 is 19.4 Å². The van der Waals surface area contributed by atoms with Crippen LogP contribution in [0.3, 0.4) is 0 Å². The van der Waals surface area contributed by atoms with Gasteiger partial charge in [0.1, 0.15) is 11.5 Å². The Bertz CT molecular complexity index is 640. The molecule has 2 amide bonds. The number of carbonyl (C=O) groups is 2. The Balaban J connectivity index is 1.68. The highest BCUT2D eigenvalue weighted by molar-refractivity contribution is 5.97. The predicted octanol–water partition coefficient (Wildman–Crippen LogP) is 2.27. The Morgan fingerprint density at radius 1 is 1.08 bits per heavy atom. The lowest BCUT2D eigenvalue weighted by Gasteiger charge is -2.36. The molecule has 1 atom stereocenters. The minimum absolute atomic E-state index is 0.0890. The van der Waals surface area contributed by atoms with Gasteiger partial charge in [0.05, 0.1) is 18.6 Å². The number of piperidine rings is 2. The van der Waals surface area contributed by atoms with Gasteiger partial charge in [0.2, 0.25) is 5.91 Å². The molecule has 6 heteroatoms. The zero-order valence-corrected chi connectivity index (χ0v) is 14.7. The molecule has 2 aliphatic rings. The van der Waals surface area contributed by atoms with E-state index in [1.54, 1.807) is 17.0 Å². The van der Waals surface area contributed by atoms with Crippen LogP contribution in [0.1, 0.15) is 42.5 Å². The lowest BCUT2D eigenvalue weighted by Crippen LogP contribution is -2.47. The summed E-state index contributed by atoms with van der Waals surface area (Å²) in [6.07, 6.45) is 4.97. The number of rotatable bonds is 3. The van der Waals surface area contributed by atoms with E-state index in [0.29, 0.717) is 18.8 Å². The summed E-state index contributed by atoms with van der Waals surface area (Å²) < 4.78 is 5.06. The van der Waals surface area contributed by atoms with E-state index < -0.39 is 0 Å². The topological polar surface area (TPSA) is 70.1 Å². The summed E-state index contributed by atoms with van der Waals surface area (Å²) in [4.78, 5) is 29.1. The molecule has 0 aromatic heterocycles. The Morgan fingerprint density at radius 2 is 1.80 bits per heavy atom. The van der Waals surface area contributed by atoms with Crippen molar-refractivity contribution in [2.24, 2.45) is 5.92 Å². The minimum atomic E-state index is -0.226. The molecule has 136 valence electrons. The molecule has 6 nitrogen and oxygen atoms in total. The highest BCUT2D eigenvalue weighted by Gasteiger charge is 2.32. The van der Waals surface area contributed by atoms with E-state index >= 15 is 0 Å². The molecule has 0 unspecified atom stereocenters. The van der Waals surface area contributed by atoms with Crippen molar-refractivity contribution in [2.75, 3.05) is 33.3 Å². The Labute approximate surface area is 148 Å². The number of likely N-dealkylation sites (tertiary alicyclic amines) is 2. The molecule has 3 rings (SSSR count). The van der Waals surface area contributed by atoms with Gasteiger partial charge >= 0.3 is 0 Å². The largest absolute Gasteiger partial charge is 0.507 e. The van der Waals surface area contributed by atoms with Gasteiger partial charge in [-0.05, 0) is 44.2 Å². The summed E-state index contributed by atoms with van der Waals surface area (Å²) in [5.41, 5.74) is 0.256. The van der Waals surface area contributed by atoms with E-state index in [2.05, 4.69) is 0 Å². The molecule has 1 aromatic carbocycles. The number of aromatic hydroxyl groups is 1. The molecule has 1 aromatic rings. The van der Waals surface area contributed by atoms with Crippen LogP contribution in [-0.2, 0) is 4.79 Å². The van der Waals surface area contributed by atoms with Crippen LogP contribution in [0.5, 0.6) is 11.5 Å². The lowest BCUT2D eigenvalue weighted by molar-refractivity contribution is -0.137. The SMILES string of the molecule is COc1ccc(C(=O)N2CCC[C@@H](C(=O)N3CCCCC3)C2)c(O)c1. The molecule has 0 saturated carbocycles. The third-order valence-corrected chi connectivity index (χ3v) is 5.16. The number of ether oxygens (including phenoxy) is 1. The predicted molar refractivity (Wildman–Crippen MR) is 93.7 cm³/mol. The minimum Gasteiger partial charge on any atom is -0.507 e. The number of methoxy groups -OCH3 is 1. The van der Waals surface area contributed by atoms with Gasteiger partial charge in [-0.3, -0.25) is 9.59 Å². The molecular formula is C19H26N2O4. The van der Waals surface area contributed by atoms with Gasteiger partial charge in [0.15, 0.2) is 0 Å². The van der Waals surface area contributed by atoms with Gasteiger partial charge in [-0.1, -0.05) is 0 Å². The first-order valence-corrected chi connectivity index (χ1v) is 9.05. The second-order valence-corrected chi connectivity index (χ2v) is 6.86. The van der Waals surface area contributed by atoms with Crippen LogP contribution in [0.2, 0.25) is 0 Å². The molecule has 2 fully saturated rings. The first-order chi connectivity index (χ1) is 12.1. The van der Waals surface area contributed by atoms with E-state index in [0.717, 1.165) is 38.8 Å². The van der Waals surface area contributed by atoms with Crippen molar-refractivity contribution in [1.82, 2.24) is 9.80 Å². The molecule has 2 heterocycles. The average Bonchev–Trinajstić information content (AvgIpc) is 2.67. The van der Waals surface area contributed by atoms with E-state index in [-0.39, 0.29) is 29.0 Å².